The molecule has 0 amide bonds. The molecular formula is C11H17F2N3. The molecule has 0 spiro atoms. The van der Waals surface area contributed by atoms with Crippen LogP contribution in [0.15, 0.2) is 12.4 Å². The zero-order chi connectivity index (χ0) is 11.4. The van der Waals surface area contributed by atoms with Crippen LogP contribution in [0.2, 0.25) is 0 Å². The molecular weight excluding hydrogens is 212 g/mol. The maximum atomic E-state index is 12.1. The van der Waals surface area contributed by atoms with Crippen molar-refractivity contribution in [2.45, 2.75) is 44.6 Å². The van der Waals surface area contributed by atoms with Gasteiger partial charge in [-0.15, -0.1) is 0 Å². The summed E-state index contributed by atoms with van der Waals surface area (Å²) in [6.45, 7) is -0.330. The first-order valence-electron chi connectivity index (χ1n) is 5.82. The fourth-order valence-corrected chi connectivity index (χ4v) is 2.27. The van der Waals surface area contributed by atoms with Gasteiger partial charge in [-0.3, -0.25) is 0 Å². The van der Waals surface area contributed by atoms with Crippen molar-refractivity contribution >= 4 is 5.95 Å². The molecule has 3 nitrogen and oxygen atoms in total. The monoisotopic (exact) mass is 229 g/mol. The SMILES string of the molecule is FC(F)CNc1nccn1C1CCCCC1. The van der Waals surface area contributed by atoms with E-state index in [4.69, 9.17) is 0 Å². The second-order valence-electron chi connectivity index (χ2n) is 4.22. The average molecular weight is 229 g/mol. The van der Waals surface area contributed by atoms with Crippen LogP contribution >= 0.6 is 0 Å². The van der Waals surface area contributed by atoms with E-state index in [0.29, 0.717) is 12.0 Å². The fraction of sp³-hybridized carbons (Fsp3) is 0.727. The smallest absolute Gasteiger partial charge is 0.255 e. The summed E-state index contributed by atoms with van der Waals surface area (Å²) in [5.74, 6) is 0.576. The Hall–Kier alpha value is -1.13. The van der Waals surface area contributed by atoms with Gasteiger partial charge in [0.15, 0.2) is 0 Å². The van der Waals surface area contributed by atoms with Gasteiger partial charge in [0.2, 0.25) is 5.95 Å². The Balaban J connectivity index is 2.00. The van der Waals surface area contributed by atoms with Crippen LogP contribution in [0.3, 0.4) is 0 Å². The summed E-state index contributed by atoms with van der Waals surface area (Å²) in [5, 5.41) is 2.69. The lowest BCUT2D eigenvalue weighted by Gasteiger charge is -2.24. The van der Waals surface area contributed by atoms with Gasteiger partial charge in [0.1, 0.15) is 0 Å². The van der Waals surface area contributed by atoms with Gasteiger partial charge in [-0.05, 0) is 12.8 Å². The van der Waals surface area contributed by atoms with Crippen LogP contribution in [0.25, 0.3) is 0 Å². The number of aromatic nitrogens is 2. The molecule has 1 aliphatic carbocycles. The first-order valence-corrected chi connectivity index (χ1v) is 5.82. The predicted octanol–water partition coefficient (Wildman–Crippen LogP) is 3.07. The minimum atomic E-state index is -2.34. The molecule has 0 atom stereocenters. The topological polar surface area (TPSA) is 29.9 Å². The van der Waals surface area contributed by atoms with Gasteiger partial charge in [0, 0.05) is 18.4 Å². The maximum Gasteiger partial charge on any atom is 0.255 e. The lowest BCUT2D eigenvalue weighted by molar-refractivity contribution is 0.163. The van der Waals surface area contributed by atoms with Gasteiger partial charge in [0.25, 0.3) is 6.43 Å². The van der Waals surface area contributed by atoms with Crippen molar-refractivity contribution in [3.05, 3.63) is 12.4 Å². The molecule has 1 aromatic rings. The number of hydrogen-bond acceptors (Lipinski definition) is 2. The first-order chi connectivity index (χ1) is 7.77. The van der Waals surface area contributed by atoms with Crippen molar-refractivity contribution in [2.24, 2.45) is 0 Å². The number of nitrogens with zero attached hydrogens (tertiary/aromatic N) is 2. The van der Waals surface area contributed by atoms with Crippen LogP contribution in [-0.2, 0) is 0 Å². The number of imidazole rings is 1. The Morgan fingerprint density at radius 2 is 2.12 bits per heavy atom. The van der Waals surface area contributed by atoms with Gasteiger partial charge in [-0.2, -0.15) is 0 Å². The van der Waals surface area contributed by atoms with Gasteiger partial charge < -0.3 is 9.88 Å². The zero-order valence-electron chi connectivity index (χ0n) is 9.20. The highest BCUT2D eigenvalue weighted by molar-refractivity contribution is 5.26. The molecule has 0 saturated heterocycles. The number of anilines is 1. The molecule has 0 bridgehead atoms. The molecule has 0 radical (unpaired) electrons. The van der Waals surface area contributed by atoms with Gasteiger partial charge >= 0.3 is 0 Å². The molecule has 1 fully saturated rings. The van der Waals surface area contributed by atoms with Gasteiger partial charge in [-0.1, -0.05) is 19.3 Å². The summed E-state index contributed by atoms with van der Waals surface area (Å²) < 4.78 is 26.2. The third kappa shape index (κ3) is 2.71. The highest BCUT2D eigenvalue weighted by Gasteiger charge is 2.17. The quantitative estimate of drug-likeness (QED) is 0.859. The maximum absolute atomic E-state index is 12.1. The molecule has 16 heavy (non-hydrogen) atoms. The minimum absolute atomic E-state index is 0.330. The highest BCUT2D eigenvalue weighted by atomic mass is 19.3. The van der Waals surface area contributed by atoms with Crippen molar-refractivity contribution in [1.29, 1.82) is 0 Å². The van der Waals surface area contributed by atoms with Crippen LogP contribution in [-0.4, -0.2) is 22.5 Å². The molecule has 1 aliphatic rings. The van der Waals surface area contributed by atoms with E-state index in [0.717, 1.165) is 12.8 Å². The predicted molar refractivity (Wildman–Crippen MR) is 58.8 cm³/mol. The molecule has 1 N–H and O–H groups in total. The van der Waals surface area contributed by atoms with E-state index in [1.54, 1.807) is 6.20 Å². The van der Waals surface area contributed by atoms with E-state index >= 15 is 0 Å². The minimum Gasteiger partial charge on any atom is -0.350 e. The Morgan fingerprint density at radius 3 is 2.81 bits per heavy atom. The molecule has 90 valence electrons. The Bertz CT molecular complexity index is 319. The zero-order valence-corrected chi connectivity index (χ0v) is 9.20. The third-order valence-electron chi connectivity index (χ3n) is 3.05. The second-order valence-corrected chi connectivity index (χ2v) is 4.22. The molecule has 0 aliphatic heterocycles. The van der Waals surface area contributed by atoms with E-state index in [-0.39, 0.29) is 6.54 Å². The largest absolute Gasteiger partial charge is 0.350 e. The van der Waals surface area contributed by atoms with Crippen LogP contribution in [0, 0.1) is 0 Å². The lowest BCUT2D eigenvalue weighted by Crippen LogP contribution is -2.18. The Labute approximate surface area is 93.9 Å². The summed E-state index contributed by atoms with van der Waals surface area (Å²) >= 11 is 0. The van der Waals surface area contributed by atoms with Crippen LogP contribution < -0.4 is 5.32 Å². The molecule has 0 aromatic carbocycles. The lowest BCUT2D eigenvalue weighted by atomic mass is 9.95. The Kier molecular flexibility index (Phi) is 3.74. The van der Waals surface area contributed by atoms with Crippen molar-refractivity contribution in [2.75, 3.05) is 11.9 Å². The molecule has 1 aromatic heterocycles. The second kappa shape index (κ2) is 5.27. The highest BCUT2D eigenvalue weighted by Crippen LogP contribution is 2.30. The van der Waals surface area contributed by atoms with Gasteiger partial charge in [0.05, 0.1) is 6.54 Å². The summed E-state index contributed by atoms with van der Waals surface area (Å²) in [4.78, 5) is 4.08. The summed E-state index contributed by atoms with van der Waals surface area (Å²) in [6, 6.07) is 0.427. The van der Waals surface area contributed by atoms with Crippen LogP contribution in [0.5, 0.6) is 0 Å². The number of halogens is 2. The van der Waals surface area contributed by atoms with E-state index < -0.39 is 6.43 Å². The number of hydrogen-bond donors (Lipinski definition) is 1. The molecule has 1 heterocycles. The van der Waals surface area contributed by atoms with E-state index in [1.807, 2.05) is 10.8 Å². The number of alkyl halides is 2. The summed E-state index contributed by atoms with van der Waals surface area (Å²) in [5.41, 5.74) is 0. The normalized spacial score (nSPS) is 17.9. The molecule has 0 unspecified atom stereocenters. The van der Waals surface area contributed by atoms with Crippen LogP contribution in [0.4, 0.5) is 14.7 Å². The Morgan fingerprint density at radius 1 is 1.38 bits per heavy atom. The average Bonchev–Trinajstić information content (AvgIpc) is 2.75. The number of nitrogens with one attached hydrogen (secondary N) is 1. The van der Waals surface area contributed by atoms with Crippen LogP contribution in [0.1, 0.15) is 38.1 Å². The molecule has 1 saturated carbocycles. The summed E-state index contributed by atoms with van der Waals surface area (Å²) in [7, 11) is 0. The van der Waals surface area contributed by atoms with Gasteiger partial charge in [-0.25, -0.2) is 13.8 Å². The van der Waals surface area contributed by atoms with E-state index in [2.05, 4.69) is 10.3 Å². The molecule has 5 heteroatoms. The first kappa shape index (κ1) is 11.4. The van der Waals surface area contributed by atoms with Crippen molar-refractivity contribution in [3.8, 4) is 0 Å². The van der Waals surface area contributed by atoms with Crippen molar-refractivity contribution in [3.63, 3.8) is 0 Å². The van der Waals surface area contributed by atoms with Crippen molar-refractivity contribution < 1.29 is 8.78 Å². The summed E-state index contributed by atoms with van der Waals surface area (Å²) in [6.07, 6.45) is 7.18. The van der Waals surface area contributed by atoms with Crippen molar-refractivity contribution in [1.82, 2.24) is 9.55 Å². The molecule has 2 rings (SSSR count). The fourth-order valence-electron chi connectivity index (χ4n) is 2.27. The third-order valence-corrected chi connectivity index (χ3v) is 3.05. The number of rotatable bonds is 4. The van der Waals surface area contributed by atoms with E-state index in [9.17, 15) is 8.78 Å². The van der Waals surface area contributed by atoms with E-state index in [1.165, 1.54) is 19.3 Å². The standard InChI is InChI=1S/C11H17F2N3/c12-10(13)8-15-11-14-6-7-16(11)9-4-2-1-3-5-9/h6-7,9-10H,1-5,8H2,(H,14,15).